The highest BCUT2D eigenvalue weighted by atomic mass is 32.1. The molecule has 140 valence electrons. The van der Waals surface area contributed by atoms with Crippen molar-refractivity contribution in [3.05, 3.63) is 15.6 Å². The monoisotopic (exact) mass is 365 g/mol. The minimum Gasteiger partial charge on any atom is -0.348 e. The number of carbonyl (C=O) groups is 2. The van der Waals surface area contributed by atoms with E-state index in [4.69, 9.17) is 0 Å². The quantitative estimate of drug-likeness (QED) is 0.840. The van der Waals surface area contributed by atoms with Gasteiger partial charge in [0.2, 0.25) is 5.91 Å². The summed E-state index contributed by atoms with van der Waals surface area (Å²) >= 11 is 1.51. The van der Waals surface area contributed by atoms with Gasteiger partial charge in [-0.25, -0.2) is 4.98 Å². The molecule has 1 saturated heterocycles. The summed E-state index contributed by atoms with van der Waals surface area (Å²) in [5, 5.41) is 4.17. The van der Waals surface area contributed by atoms with Crippen LogP contribution in [0.4, 0.5) is 0 Å². The predicted molar refractivity (Wildman–Crippen MR) is 102 cm³/mol. The third-order valence-electron chi connectivity index (χ3n) is 4.40. The average molecular weight is 366 g/mol. The molecule has 1 N–H and O–H groups in total. The first kappa shape index (κ1) is 19.9. The number of rotatable bonds is 6. The fourth-order valence-corrected chi connectivity index (χ4v) is 4.28. The first-order chi connectivity index (χ1) is 11.8. The first-order valence-electron chi connectivity index (χ1n) is 9.31. The lowest BCUT2D eigenvalue weighted by molar-refractivity contribution is -0.133. The van der Waals surface area contributed by atoms with E-state index in [1.54, 1.807) is 0 Å². The standard InChI is InChI=1S/C19H31N3O2S/c1-12(2)10-16-20-14(5)18(25-16)19(24)21-15-6-8-22(9-7-15)17(23)11-13(3)4/h12-13,15H,6-11H2,1-5H3,(H,21,24). The van der Waals surface area contributed by atoms with Gasteiger partial charge in [-0.15, -0.1) is 11.3 Å². The van der Waals surface area contributed by atoms with Crippen LogP contribution in [0.15, 0.2) is 0 Å². The van der Waals surface area contributed by atoms with Crippen LogP contribution < -0.4 is 5.32 Å². The van der Waals surface area contributed by atoms with E-state index < -0.39 is 0 Å². The molecule has 0 atom stereocenters. The fraction of sp³-hybridized carbons (Fsp3) is 0.737. The van der Waals surface area contributed by atoms with Crippen LogP contribution in [0.2, 0.25) is 0 Å². The zero-order valence-electron chi connectivity index (χ0n) is 16.1. The van der Waals surface area contributed by atoms with Gasteiger partial charge in [-0.1, -0.05) is 27.7 Å². The van der Waals surface area contributed by atoms with Gasteiger partial charge in [0, 0.05) is 32.0 Å². The van der Waals surface area contributed by atoms with Crippen LogP contribution in [0.5, 0.6) is 0 Å². The van der Waals surface area contributed by atoms with Crippen LogP contribution in [-0.2, 0) is 11.2 Å². The molecule has 0 unspecified atom stereocenters. The maximum atomic E-state index is 12.6. The van der Waals surface area contributed by atoms with Crippen molar-refractivity contribution >= 4 is 23.2 Å². The number of aryl methyl sites for hydroxylation is 1. The Balaban J connectivity index is 1.86. The predicted octanol–water partition coefficient (Wildman–Crippen LogP) is 3.42. The van der Waals surface area contributed by atoms with Crippen molar-refractivity contribution in [1.29, 1.82) is 0 Å². The molecule has 0 radical (unpaired) electrons. The van der Waals surface area contributed by atoms with Crippen LogP contribution >= 0.6 is 11.3 Å². The molecule has 25 heavy (non-hydrogen) atoms. The molecule has 1 fully saturated rings. The Kier molecular flexibility index (Phi) is 6.99. The maximum Gasteiger partial charge on any atom is 0.263 e. The second kappa shape index (κ2) is 8.79. The van der Waals surface area contributed by atoms with Crippen molar-refractivity contribution < 1.29 is 9.59 Å². The average Bonchev–Trinajstić information content (AvgIpc) is 2.87. The number of likely N-dealkylation sites (tertiary alicyclic amines) is 1. The highest BCUT2D eigenvalue weighted by molar-refractivity contribution is 7.13. The van der Waals surface area contributed by atoms with Gasteiger partial charge in [0.1, 0.15) is 4.88 Å². The van der Waals surface area contributed by atoms with Crippen LogP contribution in [0.3, 0.4) is 0 Å². The van der Waals surface area contributed by atoms with E-state index in [9.17, 15) is 9.59 Å². The molecule has 1 aromatic heterocycles. The number of piperidine rings is 1. The molecule has 0 spiro atoms. The van der Waals surface area contributed by atoms with Gasteiger partial charge in [-0.2, -0.15) is 0 Å². The summed E-state index contributed by atoms with van der Waals surface area (Å²) in [7, 11) is 0. The van der Waals surface area contributed by atoms with Crippen molar-refractivity contribution in [3.63, 3.8) is 0 Å². The Bertz CT molecular complexity index is 602. The van der Waals surface area contributed by atoms with E-state index in [0.717, 1.165) is 47.9 Å². The van der Waals surface area contributed by atoms with Crippen LogP contribution in [0.25, 0.3) is 0 Å². The topological polar surface area (TPSA) is 62.3 Å². The Morgan fingerprint density at radius 3 is 2.40 bits per heavy atom. The number of aromatic nitrogens is 1. The van der Waals surface area contributed by atoms with E-state index in [1.165, 1.54) is 11.3 Å². The normalized spacial score (nSPS) is 15.9. The zero-order chi connectivity index (χ0) is 18.6. The largest absolute Gasteiger partial charge is 0.348 e. The minimum absolute atomic E-state index is 0.0167. The lowest BCUT2D eigenvalue weighted by atomic mass is 10.0. The smallest absolute Gasteiger partial charge is 0.263 e. The first-order valence-corrected chi connectivity index (χ1v) is 10.1. The molecule has 2 amide bonds. The molecular formula is C19H31N3O2S. The van der Waals surface area contributed by atoms with E-state index in [-0.39, 0.29) is 17.9 Å². The zero-order valence-corrected chi connectivity index (χ0v) is 16.9. The lowest BCUT2D eigenvalue weighted by Crippen LogP contribution is -2.46. The van der Waals surface area contributed by atoms with Crippen molar-refractivity contribution in [2.75, 3.05) is 13.1 Å². The van der Waals surface area contributed by atoms with Gasteiger partial charge in [-0.05, 0) is 31.6 Å². The van der Waals surface area contributed by atoms with E-state index in [2.05, 4.69) is 38.0 Å². The molecule has 1 aliphatic heterocycles. The Hall–Kier alpha value is -1.43. The van der Waals surface area contributed by atoms with Crippen LogP contribution in [0.1, 0.15) is 67.3 Å². The highest BCUT2D eigenvalue weighted by Crippen LogP contribution is 2.22. The number of amides is 2. The van der Waals surface area contributed by atoms with Gasteiger partial charge in [0.15, 0.2) is 0 Å². The molecule has 2 heterocycles. The number of nitrogens with one attached hydrogen (secondary N) is 1. The third kappa shape index (κ3) is 5.80. The van der Waals surface area contributed by atoms with Gasteiger partial charge >= 0.3 is 0 Å². The summed E-state index contributed by atoms with van der Waals surface area (Å²) in [6.45, 7) is 11.8. The second-order valence-electron chi connectivity index (χ2n) is 7.85. The van der Waals surface area contributed by atoms with Gasteiger partial charge in [0.05, 0.1) is 10.7 Å². The lowest BCUT2D eigenvalue weighted by Gasteiger charge is -2.32. The van der Waals surface area contributed by atoms with Crippen molar-refractivity contribution in [2.24, 2.45) is 11.8 Å². The van der Waals surface area contributed by atoms with Crippen LogP contribution in [-0.4, -0.2) is 40.8 Å². The molecule has 2 rings (SSSR count). The van der Waals surface area contributed by atoms with Gasteiger partial charge in [-0.3, -0.25) is 9.59 Å². The number of carbonyl (C=O) groups excluding carboxylic acids is 2. The Morgan fingerprint density at radius 1 is 1.20 bits per heavy atom. The molecule has 0 bridgehead atoms. The number of nitrogens with zero attached hydrogens (tertiary/aromatic N) is 2. The molecule has 0 aromatic carbocycles. The highest BCUT2D eigenvalue weighted by Gasteiger charge is 2.25. The molecular weight excluding hydrogens is 334 g/mol. The molecule has 1 aromatic rings. The molecule has 0 aliphatic carbocycles. The number of thiazole rings is 1. The third-order valence-corrected chi connectivity index (χ3v) is 5.57. The number of hydrogen-bond acceptors (Lipinski definition) is 4. The Morgan fingerprint density at radius 2 is 1.84 bits per heavy atom. The summed E-state index contributed by atoms with van der Waals surface area (Å²) in [5.74, 6) is 1.14. The molecule has 6 heteroatoms. The number of hydrogen-bond donors (Lipinski definition) is 1. The van der Waals surface area contributed by atoms with E-state index in [1.807, 2.05) is 11.8 Å². The van der Waals surface area contributed by atoms with Crippen molar-refractivity contribution in [2.45, 2.75) is 66.3 Å². The summed E-state index contributed by atoms with van der Waals surface area (Å²) in [6.07, 6.45) is 3.17. The molecule has 1 aliphatic rings. The fourth-order valence-electron chi connectivity index (χ4n) is 3.10. The minimum atomic E-state index is -0.0167. The SMILES string of the molecule is Cc1nc(CC(C)C)sc1C(=O)NC1CCN(C(=O)CC(C)C)CC1. The molecule has 0 saturated carbocycles. The second-order valence-corrected chi connectivity index (χ2v) is 8.93. The summed E-state index contributed by atoms with van der Waals surface area (Å²) in [6, 6.07) is 0.144. The maximum absolute atomic E-state index is 12.6. The van der Waals surface area contributed by atoms with Crippen molar-refractivity contribution in [1.82, 2.24) is 15.2 Å². The summed E-state index contributed by atoms with van der Waals surface area (Å²) in [5.41, 5.74) is 0.822. The summed E-state index contributed by atoms with van der Waals surface area (Å²) < 4.78 is 0. The van der Waals surface area contributed by atoms with Crippen molar-refractivity contribution in [3.8, 4) is 0 Å². The van der Waals surface area contributed by atoms with E-state index >= 15 is 0 Å². The van der Waals surface area contributed by atoms with Gasteiger partial charge < -0.3 is 10.2 Å². The van der Waals surface area contributed by atoms with Crippen LogP contribution in [0, 0.1) is 18.8 Å². The summed E-state index contributed by atoms with van der Waals surface area (Å²) in [4.78, 5) is 31.9. The molecule has 5 nitrogen and oxygen atoms in total. The van der Waals surface area contributed by atoms with Gasteiger partial charge in [0.25, 0.3) is 5.91 Å². The Labute approximate surface area is 155 Å². The van der Waals surface area contributed by atoms with E-state index in [0.29, 0.717) is 18.3 Å².